The lowest BCUT2D eigenvalue weighted by Gasteiger charge is -2.42. The topological polar surface area (TPSA) is 81.5 Å². The molecule has 0 bridgehead atoms. The minimum Gasteiger partial charge on any atom is -0.497 e. The summed E-state index contributed by atoms with van der Waals surface area (Å²) in [7, 11) is 0.247. The van der Waals surface area contributed by atoms with Crippen molar-refractivity contribution in [2.75, 3.05) is 19.4 Å². The number of para-hydroxylation sites is 1. The van der Waals surface area contributed by atoms with Crippen LogP contribution in [0, 0.1) is 0 Å². The van der Waals surface area contributed by atoms with E-state index in [-0.39, 0.29) is 11.5 Å². The molecule has 2 aliphatic heterocycles. The maximum absolute atomic E-state index is 13.5. The number of carbonyl (C=O) groups excluding carboxylic acids is 1. The molecule has 8 heteroatoms. The standard InChI is InChI=1S/C22H21N3O4S/c1-22-21-23-17-9-4-3-8-16(17)19(26)25(21)18(20(27)24(22)10-11-30(22)28)13-14-6-5-7-15(12-14)29-2/h3-9,12,18H,10-11,13H2,1-2H3/t18-,22+,30?/m1/s1. The van der Waals surface area contributed by atoms with Gasteiger partial charge in [-0.1, -0.05) is 24.3 Å². The Bertz CT molecular complexity index is 1270. The largest absolute Gasteiger partial charge is 0.497 e. The van der Waals surface area contributed by atoms with Crippen LogP contribution in [0.1, 0.15) is 24.4 Å². The number of hydrogen-bond donors (Lipinski definition) is 0. The summed E-state index contributed by atoms with van der Waals surface area (Å²) in [6.07, 6.45) is 0.322. The quantitative estimate of drug-likeness (QED) is 0.643. The zero-order chi connectivity index (χ0) is 21.0. The number of hydrogen-bond acceptors (Lipinski definition) is 5. The maximum atomic E-state index is 13.5. The van der Waals surface area contributed by atoms with Gasteiger partial charge in [0.1, 0.15) is 11.8 Å². The molecule has 0 saturated carbocycles. The zero-order valence-electron chi connectivity index (χ0n) is 16.7. The lowest BCUT2D eigenvalue weighted by molar-refractivity contribution is -0.140. The van der Waals surface area contributed by atoms with E-state index in [2.05, 4.69) is 0 Å². The molecule has 1 amide bonds. The van der Waals surface area contributed by atoms with Gasteiger partial charge in [-0.2, -0.15) is 0 Å². The van der Waals surface area contributed by atoms with Crippen molar-refractivity contribution >= 4 is 27.6 Å². The van der Waals surface area contributed by atoms with Crippen molar-refractivity contribution in [2.24, 2.45) is 0 Å². The lowest BCUT2D eigenvalue weighted by Crippen LogP contribution is -2.57. The minimum atomic E-state index is -1.34. The molecule has 0 spiro atoms. The van der Waals surface area contributed by atoms with Gasteiger partial charge in [0.05, 0.1) is 28.8 Å². The van der Waals surface area contributed by atoms with Gasteiger partial charge in [0.25, 0.3) is 5.56 Å². The average Bonchev–Trinajstić information content (AvgIpc) is 3.07. The average molecular weight is 423 g/mol. The Morgan fingerprint density at radius 1 is 1.20 bits per heavy atom. The summed E-state index contributed by atoms with van der Waals surface area (Å²) in [4.78, 5) is 32.3. The molecule has 2 aromatic carbocycles. The highest BCUT2D eigenvalue weighted by Gasteiger charge is 2.56. The summed E-state index contributed by atoms with van der Waals surface area (Å²) in [5.41, 5.74) is 1.15. The van der Waals surface area contributed by atoms with Crippen LogP contribution in [0.5, 0.6) is 5.75 Å². The molecule has 1 fully saturated rings. The van der Waals surface area contributed by atoms with Crippen molar-refractivity contribution in [1.82, 2.24) is 14.5 Å². The molecule has 154 valence electrons. The highest BCUT2D eigenvalue weighted by atomic mass is 32.2. The van der Waals surface area contributed by atoms with E-state index < -0.39 is 21.7 Å². The Kier molecular flexibility index (Phi) is 4.28. The smallest absolute Gasteiger partial charge is 0.262 e. The second kappa shape index (κ2) is 6.77. The molecule has 1 saturated heterocycles. The molecule has 2 aliphatic rings. The number of amides is 1. The van der Waals surface area contributed by atoms with Gasteiger partial charge in [0.2, 0.25) is 5.91 Å². The summed E-state index contributed by atoms with van der Waals surface area (Å²) >= 11 is 0. The van der Waals surface area contributed by atoms with E-state index in [1.165, 1.54) is 4.57 Å². The van der Waals surface area contributed by atoms with E-state index in [9.17, 15) is 13.8 Å². The minimum absolute atomic E-state index is 0.196. The summed E-state index contributed by atoms with van der Waals surface area (Å²) in [6.45, 7) is 2.14. The van der Waals surface area contributed by atoms with E-state index in [1.54, 1.807) is 37.1 Å². The van der Waals surface area contributed by atoms with Crippen molar-refractivity contribution in [2.45, 2.75) is 24.3 Å². The highest BCUT2D eigenvalue weighted by Crippen LogP contribution is 2.42. The van der Waals surface area contributed by atoms with Gasteiger partial charge in [-0.15, -0.1) is 0 Å². The summed E-state index contributed by atoms with van der Waals surface area (Å²) in [6, 6.07) is 13.8. The van der Waals surface area contributed by atoms with Crippen molar-refractivity contribution in [3.05, 3.63) is 70.3 Å². The fraction of sp³-hybridized carbons (Fsp3) is 0.318. The Morgan fingerprint density at radius 2 is 2.00 bits per heavy atom. The van der Waals surface area contributed by atoms with E-state index in [0.717, 1.165) is 5.56 Å². The fourth-order valence-corrected chi connectivity index (χ4v) is 6.03. The summed E-state index contributed by atoms with van der Waals surface area (Å²) in [5.74, 6) is 1.26. The van der Waals surface area contributed by atoms with Crippen molar-refractivity contribution in [1.29, 1.82) is 0 Å². The molecule has 3 atom stereocenters. The Labute approximate surface area is 175 Å². The van der Waals surface area contributed by atoms with Crippen molar-refractivity contribution in [3.8, 4) is 5.75 Å². The first-order chi connectivity index (χ1) is 14.4. The molecule has 7 nitrogen and oxygen atoms in total. The van der Waals surface area contributed by atoms with Gasteiger partial charge in [0, 0.05) is 18.7 Å². The van der Waals surface area contributed by atoms with Crippen LogP contribution in [0.4, 0.5) is 0 Å². The van der Waals surface area contributed by atoms with Gasteiger partial charge in [0.15, 0.2) is 10.7 Å². The van der Waals surface area contributed by atoms with Crippen LogP contribution in [0.2, 0.25) is 0 Å². The molecule has 5 rings (SSSR count). The van der Waals surface area contributed by atoms with Crippen LogP contribution in [0.3, 0.4) is 0 Å². The van der Waals surface area contributed by atoms with Crippen molar-refractivity contribution < 1.29 is 13.7 Å². The molecule has 3 heterocycles. The van der Waals surface area contributed by atoms with Gasteiger partial charge >= 0.3 is 0 Å². The van der Waals surface area contributed by atoms with Crippen LogP contribution in [-0.2, 0) is 26.9 Å². The van der Waals surface area contributed by atoms with Crippen LogP contribution in [0.25, 0.3) is 10.9 Å². The number of ether oxygens (including phenoxy) is 1. The van der Waals surface area contributed by atoms with Gasteiger partial charge in [-0.3, -0.25) is 18.4 Å². The first-order valence-electron chi connectivity index (χ1n) is 9.80. The van der Waals surface area contributed by atoms with E-state index in [0.29, 0.717) is 41.2 Å². The third-order valence-corrected chi connectivity index (χ3v) is 7.95. The number of benzene rings is 2. The predicted octanol–water partition coefficient (Wildman–Crippen LogP) is 1.97. The molecule has 1 aromatic heterocycles. The monoisotopic (exact) mass is 423 g/mol. The summed E-state index contributed by atoms with van der Waals surface area (Å²) < 4.78 is 19.8. The van der Waals surface area contributed by atoms with Gasteiger partial charge in [-0.25, -0.2) is 4.98 Å². The lowest BCUT2D eigenvalue weighted by atomic mass is 9.99. The molecule has 0 aliphatic carbocycles. The molecular formula is C22H21N3O4S. The van der Waals surface area contributed by atoms with Crippen LogP contribution in [0.15, 0.2) is 53.3 Å². The Morgan fingerprint density at radius 3 is 2.80 bits per heavy atom. The number of carbonyl (C=O) groups is 1. The second-order valence-corrected chi connectivity index (χ2v) is 9.62. The Balaban J connectivity index is 1.76. The van der Waals surface area contributed by atoms with Gasteiger partial charge < -0.3 is 9.64 Å². The first kappa shape index (κ1) is 19.0. The van der Waals surface area contributed by atoms with Crippen LogP contribution < -0.4 is 10.3 Å². The molecule has 0 N–H and O–H groups in total. The van der Waals surface area contributed by atoms with E-state index in [1.807, 2.05) is 30.3 Å². The molecular weight excluding hydrogens is 402 g/mol. The maximum Gasteiger partial charge on any atom is 0.262 e. The zero-order valence-corrected chi connectivity index (χ0v) is 17.5. The first-order valence-corrected chi connectivity index (χ1v) is 11.1. The molecule has 3 aromatic rings. The number of aromatic nitrogens is 2. The third-order valence-electron chi connectivity index (χ3n) is 6.11. The third kappa shape index (κ3) is 2.56. The number of methoxy groups -OCH3 is 1. The van der Waals surface area contributed by atoms with Crippen LogP contribution in [-0.4, -0.2) is 44.0 Å². The number of rotatable bonds is 3. The Hall–Kier alpha value is -3.00. The second-order valence-electron chi connectivity index (χ2n) is 7.72. The van der Waals surface area contributed by atoms with Gasteiger partial charge in [-0.05, 0) is 36.8 Å². The molecule has 30 heavy (non-hydrogen) atoms. The molecule has 1 unspecified atom stereocenters. The number of fused-ring (bicyclic) bond motifs is 4. The normalized spacial score (nSPS) is 25.3. The SMILES string of the molecule is COc1cccc(C[C@@H]2C(=O)N3CCS(=O)[C@@]3(C)c3nc4ccccc4c(=O)n32)c1. The van der Waals surface area contributed by atoms with Crippen molar-refractivity contribution in [3.63, 3.8) is 0 Å². The highest BCUT2D eigenvalue weighted by molar-refractivity contribution is 7.86. The fourth-order valence-electron chi connectivity index (χ4n) is 4.51. The molecule has 0 radical (unpaired) electrons. The predicted molar refractivity (Wildman–Crippen MR) is 114 cm³/mol. The van der Waals surface area contributed by atoms with E-state index in [4.69, 9.17) is 9.72 Å². The van der Waals surface area contributed by atoms with E-state index >= 15 is 0 Å². The number of nitrogens with zero attached hydrogens (tertiary/aromatic N) is 3. The van der Waals surface area contributed by atoms with Crippen LogP contribution >= 0.6 is 0 Å². The summed E-state index contributed by atoms with van der Waals surface area (Å²) in [5, 5.41) is 0.450.